The first-order valence-electron chi connectivity index (χ1n) is 7.99. The van der Waals surface area contributed by atoms with E-state index in [1.165, 1.54) is 30.7 Å². The van der Waals surface area contributed by atoms with Crippen LogP contribution in [0.3, 0.4) is 0 Å². The van der Waals surface area contributed by atoms with Gasteiger partial charge in [0.25, 0.3) is 0 Å². The van der Waals surface area contributed by atoms with Gasteiger partial charge < -0.3 is 14.6 Å². The highest BCUT2D eigenvalue weighted by molar-refractivity contribution is 6.00. The lowest BCUT2D eigenvalue weighted by Gasteiger charge is -2.06. The minimum Gasteiger partial charge on any atom is -0.453 e. The van der Waals surface area contributed by atoms with Crippen molar-refractivity contribution in [2.75, 3.05) is 6.61 Å². The molecule has 0 saturated carbocycles. The number of aromatic nitrogens is 1. The van der Waals surface area contributed by atoms with Crippen LogP contribution in [0.15, 0.2) is 36.5 Å². The van der Waals surface area contributed by atoms with Crippen molar-refractivity contribution in [3.05, 3.63) is 58.9 Å². The molecule has 0 saturated heterocycles. The summed E-state index contributed by atoms with van der Waals surface area (Å²) in [5.41, 5.74) is 1.86. The summed E-state index contributed by atoms with van der Waals surface area (Å²) >= 11 is 0. The molecular formula is C19H20N2O5. The highest BCUT2D eigenvalue weighted by Crippen LogP contribution is 2.11. The predicted molar refractivity (Wildman–Crippen MR) is 94.0 cm³/mol. The maximum absolute atomic E-state index is 12.1. The van der Waals surface area contributed by atoms with Gasteiger partial charge in [-0.15, -0.1) is 0 Å². The summed E-state index contributed by atoms with van der Waals surface area (Å²) in [5.74, 6) is -1.30. The third-order valence-electron chi connectivity index (χ3n) is 3.77. The van der Waals surface area contributed by atoms with Gasteiger partial charge in [-0.3, -0.25) is 14.4 Å². The first-order chi connectivity index (χ1) is 12.3. The van der Waals surface area contributed by atoms with Crippen molar-refractivity contribution >= 4 is 23.4 Å². The van der Waals surface area contributed by atoms with Crippen molar-refractivity contribution < 1.29 is 23.9 Å². The fourth-order valence-corrected chi connectivity index (χ4v) is 2.28. The number of carbonyl (C=O) groups excluding carboxylic acids is 4. The number of Topliss-reactive ketones (excluding diaryl/α,β-unsaturated/α-hetero) is 2. The van der Waals surface area contributed by atoms with Gasteiger partial charge in [0.1, 0.15) is 5.69 Å². The van der Waals surface area contributed by atoms with Crippen LogP contribution in [0.2, 0.25) is 0 Å². The smallest absolute Gasteiger partial charge is 0.355 e. The molecule has 0 unspecified atom stereocenters. The SMILES string of the molecule is CC(=O)NCc1ccc(C(=O)COC(=O)c2cc(C(C)=O)cn2C)cc1. The molecule has 1 amide bonds. The summed E-state index contributed by atoms with van der Waals surface area (Å²) in [4.78, 5) is 46.5. The largest absolute Gasteiger partial charge is 0.453 e. The maximum Gasteiger partial charge on any atom is 0.355 e. The molecule has 0 spiro atoms. The van der Waals surface area contributed by atoms with Crippen LogP contribution in [0.1, 0.15) is 50.6 Å². The highest BCUT2D eigenvalue weighted by Gasteiger charge is 2.17. The topological polar surface area (TPSA) is 94.5 Å². The number of rotatable bonds is 7. The van der Waals surface area contributed by atoms with Crippen LogP contribution in [0, 0.1) is 0 Å². The molecule has 26 heavy (non-hydrogen) atoms. The van der Waals surface area contributed by atoms with Gasteiger partial charge in [0.15, 0.2) is 18.2 Å². The van der Waals surface area contributed by atoms with Gasteiger partial charge in [-0.05, 0) is 18.6 Å². The van der Waals surface area contributed by atoms with Gasteiger partial charge in [-0.2, -0.15) is 0 Å². The molecular weight excluding hydrogens is 336 g/mol. The Morgan fingerprint density at radius 1 is 1.04 bits per heavy atom. The number of amides is 1. The Bertz CT molecular complexity index is 849. The van der Waals surface area contributed by atoms with E-state index < -0.39 is 12.6 Å². The van der Waals surface area contributed by atoms with Gasteiger partial charge in [0.05, 0.1) is 0 Å². The lowest BCUT2D eigenvalue weighted by Crippen LogP contribution is -2.19. The van der Waals surface area contributed by atoms with E-state index in [1.807, 2.05) is 0 Å². The number of ether oxygens (including phenoxy) is 1. The van der Waals surface area contributed by atoms with Crippen molar-refractivity contribution in [3.8, 4) is 0 Å². The molecule has 0 aliphatic heterocycles. The van der Waals surface area contributed by atoms with Gasteiger partial charge in [-0.1, -0.05) is 24.3 Å². The number of nitrogens with zero attached hydrogens (tertiary/aromatic N) is 1. The van der Waals surface area contributed by atoms with Crippen molar-refractivity contribution in [1.82, 2.24) is 9.88 Å². The molecule has 0 aliphatic carbocycles. The number of nitrogens with one attached hydrogen (secondary N) is 1. The third-order valence-corrected chi connectivity index (χ3v) is 3.77. The Balaban J connectivity index is 1.94. The molecule has 7 nitrogen and oxygen atoms in total. The van der Waals surface area contributed by atoms with Crippen LogP contribution in [-0.4, -0.2) is 34.6 Å². The maximum atomic E-state index is 12.1. The second kappa shape index (κ2) is 8.24. The summed E-state index contributed by atoms with van der Waals surface area (Å²) in [7, 11) is 1.62. The molecule has 0 atom stereocenters. The van der Waals surface area contributed by atoms with Crippen molar-refractivity contribution in [2.45, 2.75) is 20.4 Å². The van der Waals surface area contributed by atoms with Crippen LogP contribution in [0.5, 0.6) is 0 Å². The first-order valence-corrected chi connectivity index (χ1v) is 7.99. The highest BCUT2D eigenvalue weighted by atomic mass is 16.5. The molecule has 1 aromatic heterocycles. The Morgan fingerprint density at radius 2 is 1.69 bits per heavy atom. The van der Waals surface area contributed by atoms with E-state index in [0.717, 1.165) is 5.56 Å². The Morgan fingerprint density at radius 3 is 2.23 bits per heavy atom. The molecule has 1 aromatic carbocycles. The van der Waals surface area contributed by atoms with Crippen molar-refractivity contribution in [2.24, 2.45) is 7.05 Å². The third kappa shape index (κ3) is 4.89. The van der Waals surface area contributed by atoms with Gasteiger partial charge >= 0.3 is 5.97 Å². The van der Waals surface area contributed by atoms with E-state index in [-0.39, 0.29) is 23.2 Å². The minimum atomic E-state index is -0.671. The van der Waals surface area contributed by atoms with Gasteiger partial charge in [0, 0.05) is 37.8 Å². The number of carbonyl (C=O) groups is 4. The summed E-state index contributed by atoms with van der Waals surface area (Å²) in [6.07, 6.45) is 1.54. The second-order valence-corrected chi connectivity index (χ2v) is 5.89. The second-order valence-electron chi connectivity index (χ2n) is 5.89. The minimum absolute atomic E-state index is 0.134. The number of hydrogen-bond acceptors (Lipinski definition) is 5. The van der Waals surface area contributed by atoms with Crippen LogP contribution in [-0.2, 0) is 23.1 Å². The quantitative estimate of drug-likeness (QED) is 0.604. The lowest BCUT2D eigenvalue weighted by molar-refractivity contribution is -0.119. The first kappa shape index (κ1) is 19.1. The molecule has 0 bridgehead atoms. The van der Waals surface area contributed by atoms with Crippen molar-refractivity contribution in [1.29, 1.82) is 0 Å². The Hall–Kier alpha value is -3.22. The lowest BCUT2D eigenvalue weighted by atomic mass is 10.1. The van der Waals surface area contributed by atoms with Gasteiger partial charge in [-0.25, -0.2) is 4.79 Å². The summed E-state index contributed by atoms with van der Waals surface area (Å²) in [6, 6.07) is 8.11. The average Bonchev–Trinajstić information content (AvgIpc) is 3.00. The number of ketones is 2. The van der Waals surface area contributed by atoms with E-state index in [4.69, 9.17) is 4.74 Å². The van der Waals surface area contributed by atoms with E-state index in [9.17, 15) is 19.2 Å². The molecule has 2 aromatic rings. The molecule has 136 valence electrons. The molecule has 7 heteroatoms. The molecule has 1 heterocycles. The van der Waals surface area contributed by atoms with Crippen LogP contribution in [0.25, 0.3) is 0 Å². The Labute approximate surface area is 151 Å². The molecule has 0 aliphatic rings. The normalized spacial score (nSPS) is 10.3. The predicted octanol–water partition coefficient (Wildman–Crippen LogP) is 1.90. The van der Waals surface area contributed by atoms with Crippen LogP contribution in [0.4, 0.5) is 0 Å². The standard InChI is InChI=1S/C19H20N2O5/c1-12(22)16-8-17(21(3)10-16)19(25)26-11-18(24)15-6-4-14(5-7-15)9-20-13(2)23/h4-8,10H,9,11H2,1-3H3,(H,20,23). The average molecular weight is 356 g/mol. The number of benzene rings is 1. The fourth-order valence-electron chi connectivity index (χ4n) is 2.28. The Kier molecular flexibility index (Phi) is 6.06. The zero-order valence-corrected chi connectivity index (χ0v) is 14.9. The van der Waals surface area contributed by atoms with E-state index in [0.29, 0.717) is 17.7 Å². The summed E-state index contributed by atoms with van der Waals surface area (Å²) in [6.45, 7) is 2.82. The monoisotopic (exact) mass is 356 g/mol. The summed E-state index contributed by atoms with van der Waals surface area (Å²) < 4.78 is 6.54. The number of aryl methyl sites for hydroxylation is 1. The van der Waals surface area contributed by atoms with E-state index in [1.54, 1.807) is 31.3 Å². The molecule has 2 rings (SSSR count). The zero-order chi connectivity index (χ0) is 19.3. The fraction of sp³-hybridized carbons (Fsp3) is 0.263. The molecule has 0 fully saturated rings. The van der Waals surface area contributed by atoms with Gasteiger partial charge in [0.2, 0.25) is 5.91 Å². The van der Waals surface area contributed by atoms with E-state index in [2.05, 4.69) is 5.32 Å². The number of hydrogen-bond donors (Lipinski definition) is 1. The zero-order valence-electron chi connectivity index (χ0n) is 14.9. The van der Waals surface area contributed by atoms with Crippen LogP contribution < -0.4 is 5.32 Å². The van der Waals surface area contributed by atoms with Crippen molar-refractivity contribution in [3.63, 3.8) is 0 Å². The molecule has 0 radical (unpaired) electrons. The van der Waals surface area contributed by atoms with Crippen LogP contribution >= 0.6 is 0 Å². The molecule has 1 N–H and O–H groups in total. The summed E-state index contributed by atoms with van der Waals surface area (Å²) in [5, 5.41) is 2.66. The van der Waals surface area contributed by atoms with E-state index >= 15 is 0 Å². The number of esters is 1.